The van der Waals surface area contributed by atoms with Crippen molar-refractivity contribution in [2.45, 2.75) is 30.1 Å². The molecule has 5 heteroatoms. The lowest BCUT2D eigenvalue weighted by molar-refractivity contribution is -0.142. The van der Waals surface area contributed by atoms with Gasteiger partial charge in [0.2, 0.25) is 5.91 Å². The van der Waals surface area contributed by atoms with Gasteiger partial charge in [0.15, 0.2) is 0 Å². The molecule has 0 unspecified atom stereocenters. The molecule has 4 nitrogen and oxygen atoms in total. The molecular weight excluding hydrogens is 248 g/mol. The Labute approximate surface area is 113 Å². The quantitative estimate of drug-likeness (QED) is 0.789. The third kappa shape index (κ3) is 1.96. The number of thioether (sulfide) groups is 1. The van der Waals surface area contributed by atoms with Crippen LogP contribution >= 0.6 is 11.8 Å². The number of carbonyl (C=O) groups excluding carboxylic acids is 1. The van der Waals surface area contributed by atoms with Crippen molar-refractivity contribution >= 4 is 17.7 Å². The van der Waals surface area contributed by atoms with Crippen molar-refractivity contribution in [1.29, 1.82) is 0 Å². The third-order valence-electron chi connectivity index (χ3n) is 4.76. The van der Waals surface area contributed by atoms with Crippen molar-refractivity contribution in [2.24, 2.45) is 5.92 Å². The molecule has 3 saturated heterocycles. The van der Waals surface area contributed by atoms with E-state index in [9.17, 15) is 9.90 Å². The highest BCUT2D eigenvalue weighted by Gasteiger charge is 2.53. The van der Waals surface area contributed by atoms with Gasteiger partial charge >= 0.3 is 0 Å². The molecule has 0 bridgehead atoms. The fourth-order valence-electron chi connectivity index (χ4n) is 3.63. The minimum absolute atomic E-state index is 0.173. The van der Waals surface area contributed by atoms with Gasteiger partial charge in [-0.3, -0.25) is 9.69 Å². The maximum Gasteiger partial charge on any atom is 0.235 e. The topological polar surface area (TPSA) is 43.8 Å². The molecular formula is C13H22N2O2S. The molecule has 1 N–H and O–H groups in total. The number of hydrogen-bond acceptors (Lipinski definition) is 4. The molecule has 0 aliphatic carbocycles. The zero-order valence-corrected chi connectivity index (χ0v) is 11.8. The van der Waals surface area contributed by atoms with Crippen molar-refractivity contribution in [3.8, 4) is 0 Å². The lowest BCUT2D eigenvalue weighted by Gasteiger charge is -2.52. The van der Waals surface area contributed by atoms with Gasteiger partial charge in [0.1, 0.15) is 0 Å². The van der Waals surface area contributed by atoms with Gasteiger partial charge in [0.05, 0.1) is 10.8 Å². The molecule has 0 saturated carbocycles. The Balaban J connectivity index is 1.57. The lowest BCUT2D eigenvalue weighted by Crippen LogP contribution is -2.69. The molecule has 3 aliphatic heterocycles. The summed E-state index contributed by atoms with van der Waals surface area (Å²) in [5, 5.41) is 9.50. The second-order valence-corrected chi connectivity index (χ2v) is 7.36. The van der Waals surface area contributed by atoms with E-state index in [1.54, 1.807) is 0 Å². The van der Waals surface area contributed by atoms with Gasteiger partial charge in [0, 0.05) is 26.2 Å². The summed E-state index contributed by atoms with van der Waals surface area (Å²) >= 11 is 1.82. The minimum atomic E-state index is 0.173. The van der Waals surface area contributed by atoms with Gasteiger partial charge in [-0.05, 0) is 38.0 Å². The third-order valence-corrected chi connectivity index (χ3v) is 6.12. The van der Waals surface area contributed by atoms with E-state index in [2.05, 4.69) is 11.9 Å². The van der Waals surface area contributed by atoms with Crippen LogP contribution in [0.4, 0.5) is 0 Å². The van der Waals surface area contributed by atoms with E-state index in [4.69, 9.17) is 0 Å². The van der Waals surface area contributed by atoms with Crippen LogP contribution in [0.2, 0.25) is 0 Å². The summed E-state index contributed by atoms with van der Waals surface area (Å²) in [6.45, 7) is 2.99. The smallest absolute Gasteiger partial charge is 0.235 e. The molecule has 1 amide bonds. The summed E-state index contributed by atoms with van der Waals surface area (Å²) in [5.41, 5.74) is 0.173. The summed E-state index contributed by atoms with van der Waals surface area (Å²) < 4.78 is 0. The van der Waals surface area contributed by atoms with E-state index in [1.807, 2.05) is 16.7 Å². The van der Waals surface area contributed by atoms with E-state index in [0.717, 1.165) is 38.2 Å². The largest absolute Gasteiger partial charge is 0.396 e. The number of likely N-dealkylation sites (N-methyl/N-ethyl adjacent to an activating group) is 1. The van der Waals surface area contributed by atoms with Crippen LogP contribution < -0.4 is 0 Å². The van der Waals surface area contributed by atoms with Crippen molar-refractivity contribution in [2.75, 3.05) is 39.0 Å². The highest BCUT2D eigenvalue weighted by atomic mass is 32.2. The van der Waals surface area contributed by atoms with E-state index in [-0.39, 0.29) is 17.4 Å². The maximum absolute atomic E-state index is 12.3. The molecule has 0 aromatic heterocycles. The van der Waals surface area contributed by atoms with Gasteiger partial charge in [-0.1, -0.05) is 0 Å². The Morgan fingerprint density at radius 3 is 2.83 bits per heavy atom. The molecule has 102 valence electrons. The molecule has 2 atom stereocenters. The molecule has 3 heterocycles. The molecule has 3 rings (SSSR count). The summed E-state index contributed by atoms with van der Waals surface area (Å²) in [4.78, 5) is 16.6. The average Bonchev–Trinajstić information content (AvgIpc) is 2.93. The number of aliphatic hydroxyl groups excluding tert-OH is 1. The monoisotopic (exact) mass is 270 g/mol. The van der Waals surface area contributed by atoms with Crippen LogP contribution in [0.1, 0.15) is 19.3 Å². The second-order valence-electron chi connectivity index (χ2n) is 6.05. The van der Waals surface area contributed by atoms with Gasteiger partial charge < -0.3 is 10.0 Å². The zero-order chi connectivity index (χ0) is 12.8. The van der Waals surface area contributed by atoms with Gasteiger partial charge in [-0.2, -0.15) is 0 Å². The number of likely N-dealkylation sites (tertiary alicyclic amines) is 2. The predicted octanol–water partition coefficient (Wildman–Crippen LogP) is 0.407. The van der Waals surface area contributed by atoms with Gasteiger partial charge in [0.25, 0.3) is 0 Å². The Hall–Kier alpha value is -0.260. The number of nitrogens with zero attached hydrogens (tertiary/aromatic N) is 2. The normalized spacial score (nSPS) is 35.1. The van der Waals surface area contributed by atoms with E-state index < -0.39 is 0 Å². The van der Waals surface area contributed by atoms with Crippen LogP contribution in [0.15, 0.2) is 0 Å². The Morgan fingerprint density at radius 2 is 2.28 bits per heavy atom. The van der Waals surface area contributed by atoms with Crippen LogP contribution in [0.3, 0.4) is 0 Å². The highest BCUT2D eigenvalue weighted by Crippen LogP contribution is 2.40. The second kappa shape index (κ2) is 4.69. The highest BCUT2D eigenvalue weighted by molar-refractivity contribution is 8.00. The van der Waals surface area contributed by atoms with Crippen molar-refractivity contribution in [3.63, 3.8) is 0 Å². The molecule has 0 aromatic rings. The first-order valence-corrected chi connectivity index (χ1v) is 7.92. The van der Waals surface area contributed by atoms with Crippen LogP contribution in [-0.4, -0.2) is 70.6 Å². The number of hydrogen-bond donors (Lipinski definition) is 1. The predicted molar refractivity (Wildman–Crippen MR) is 72.6 cm³/mol. The van der Waals surface area contributed by atoms with Gasteiger partial charge in [-0.15, -0.1) is 11.8 Å². The first kappa shape index (κ1) is 12.8. The standard InChI is InChI=1S/C13H22N2O2S/c1-14-6-10(7-16)5-13(14)8-15(9-13)12(17)11-3-2-4-18-11/h10-11,16H,2-9H2,1H3/t10-,11-/m1/s1. The zero-order valence-electron chi connectivity index (χ0n) is 11.0. The van der Waals surface area contributed by atoms with Gasteiger partial charge in [-0.25, -0.2) is 0 Å². The summed E-state index contributed by atoms with van der Waals surface area (Å²) in [6, 6.07) is 0. The van der Waals surface area contributed by atoms with E-state index in [1.165, 1.54) is 6.42 Å². The van der Waals surface area contributed by atoms with Crippen molar-refractivity contribution < 1.29 is 9.90 Å². The van der Waals surface area contributed by atoms with E-state index >= 15 is 0 Å². The van der Waals surface area contributed by atoms with Crippen molar-refractivity contribution in [3.05, 3.63) is 0 Å². The van der Waals surface area contributed by atoms with Crippen LogP contribution in [0, 0.1) is 5.92 Å². The Bertz CT molecular complexity index is 338. The lowest BCUT2D eigenvalue weighted by atomic mass is 9.84. The Kier molecular flexibility index (Phi) is 3.32. The molecule has 3 fully saturated rings. The molecule has 0 aromatic carbocycles. The number of carbonyl (C=O) groups is 1. The maximum atomic E-state index is 12.3. The van der Waals surface area contributed by atoms with E-state index in [0.29, 0.717) is 11.8 Å². The summed E-state index contributed by atoms with van der Waals surface area (Å²) in [6.07, 6.45) is 3.29. The molecule has 0 radical (unpaired) electrons. The first-order chi connectivity index (χ1) is 8.64. The van der Waals surface area contributed by atoms with Crippen LogP contribution in [0.5, 0.6) is 0 Å². The molecule has 18 heavy (non-hydrogen) atoms. The fraction of sp³-hybridized carbons (Fsp3) is 0.923. The Morgan fingerprint density at radius 1 is 1.50 bits per heavy atom. The minimum Gasteiger partial charge on any atom is -0.396 e. The van der Waals surface area contributed by atoms with Crippen LogP contribution in [-0.2, 0) is 4.79 Å². The molecule has 1 spiro atoms. The average molecular weight is 270 g/mol. The number of aliphatic hydroxyl groups is 1. The number of rotatable bonds is 2. The SMILES string of the molecule is CN1C[C@H](CO)CC12CN(C(=O)[C@H]1CCCS1)C2. The summed E-state index contributed by atoms with van der Waals surface area (Å²) in [7, 11) is 2.13. The fourth-order valence-corrected chi connectivity index (χ4v) is 4.87. The first-order valence-electron chi connectivity index (χ1n) is 6.87. The van der Waals surface area contributed by atoms with Crippen LogP contribution in [0.25, 0.3) is 0 Å². The van der Waals surface area contributed by atoms with Crippen molar-refractivity contribution in [1.82, 2.24) is 9.80 Å². The molecule has 3 aliphatic rings. The number of amides is 1. The summed E-state index contributed by atoms with van der Waals surface area (Å²) in [5.74, 6) is 1.89.